The van der Waals surface area contributed by atoms with E-state index in [9.17, 15) is 8.42 Å². The summed E-state index contributed by atoms with van der Waals surface area (Å²) in [4.78, 5) is 0.380. The van der Waals surface area contributed by atoms with E-state index >= 15 is 0 Å². The van der Waals surface area contributed by atoms with Gasteiger partial charge in [0.25, 0.3) is 10.0 Å². The Morgan fingerprint density at radius 3 is 2.35 bits per heavy atom. The quantitative estimate of drug-likeness (QED) is 0.683. The standard InChI is InChI=1S/C22H27NO2S/c1-3-4-10-20-15-16-23(22(20)17-19-8-6-5-7-9-19)26(24,25)21-13-11-18(2)12-14-21/h5-9,11-14H,3-4,10,15-17H2,1-2H3. The van der Waals surface area contributed by atoms with Crippen molar-refractivity contribution in [3.63, 3.8) is 0 Å². The van der Waals surface area contributed by atoms with Crippen LogP contribution in [0.5, 0.6) is 0 Å². The predicted molar refractivity (Wildman–Crippen MR) is 106 cm³/mol. The molecule has 0 N–H and O–H groups in total. The molecular formula is C22H27NO2S. The molecule has 1 heterocycles. The van der Waals surface area contributed by atoms with E-state index in [-0.39, 0.29) is 0 Å². The first-order valence-corrected chi connectivity index (χ1v) is 10.8. The van der Waals surface area contributed by atoms with Crippen molar-refractivity contribution in [2.45, 2.75) is 50.8 Å². The largest absolute Gasteiger partial charge is 0.270 e. The number of unbranched alkanes of at least 4 members (excludes halogenated alkanes) is 1. The number of allylic oxidation sites excluding steroid dienone is 1. The van der Waals surface area contributed by atoms with Gasteiger partial charge >= 0.3 is 0 Å². The molecular weight excluding hydrogens is 342 g/mol. The Bertz CT molecular complexity index is 868. The molecule has 0 saturated carbocycles. The number of aryl methyl sites for hydroxylation is 1. The van der Waals surface area contributed by atoms with Crippen molar-refractivity contribution in [1.82, 2.24) is 4.31 Å². The average molecular weight is 370 g/mol. The molecule has 0 saturated heterocycles. The van der Waals surface area contributed by atoms with Crippen molar-refractivity contribution in [2.75, 3.05) is 6.54 Å². The Balaban J connectivity index is 1.96. The minimum absolute atomic E-state index is 0.380. The van der Waals surface area contributed by atoms with Crippen LogP contribution in [0.2, 0.25) is 0 Å². The molecule has 0 fully saturated rings. The molecule has 0 aliphatic carbocycles. The third kappa shape index (κ3) is 4.01. The van der Waals surface area contributed by atoms with Crippen LogP contribution in [0.3, 0.4) is 0 Å². The second-order valence-electron chi connectivity index (χ2n) is 6.96. The summed E-state index contributed by atoms with van der Waals surface area (Å²) in [6.45, 7) is 4.69. The zero-order valence-electron chi connectivity index (χ0n) is 15.6. The Morgan fingerprint density at radius 2 is 1.69 bits per heavy atom. The molecule has 1 aliphatic heterocycles. The molecule has 2 aromatic rings. The van der Waals surface area contributed by atoms with E-state index in [1.54, 1.807) is 16.4 Å². The molecule has 2 aromatic carbocycles. The molecule has 0 spiro atoms. The summed E-state index contributed by atoms with van der Waals surface area (Å²) in [5.41, 5.74) is 4.49. The fourth-order valence-electron chi connectivity index (χ4n) is 3.46. The first-order chi connectivity index (χ1) is 12.5. The van der Waals surface area contributed by atoms with E-state index in [0.717, 1.165) is 42.5 Å². The maximum atomic E-state index is 13.3. The van der Waals surface area contributed by atoms with Gasteiger partial charge in [-0.1, -0.05) is 61.4 Å². The lowest BCUT2D eigenvalue weighted by Gasteiger charge is -2.23. The molecule has 3 rings (SSSR count). The molecule has 0 aromatic heterocycles. The first kappa shape index (κ1) is 18.7. The van der Waals surface area contributed by atoms with Gasteiger partial charge < -0.3 is 0 Å². The van der Waals surface area contributed by atoms with Crippen LogP contribution >= 0.6 is 0 Å². The van der Waals surface area contributed by atoms with Gasteiger partial charge in [-0.3, -0.25) is 4.31 Å². The maximum absolute atomic E-state index is 13.3. The highest BCUT2D eigenvalue weighted by molar-refractivity contribution is 7.89. The second-order valence-corrected chi connectivity index (χ2v) is 8.82. The highest BCUT2D eigenvalue weighted by Gasteiger charge is 2.32. The van der Waals surface area contributed by atoms with Crippen molar-refractivity contribution in [3.8, 4) is 0 Å². The van der Waals surface area contributed by atoms with Gasteiger partial charge in [0.15, 0.2) is 0 Å². The van der Waals surface area contributed by atoms with Crippen LogP contribution in [0.15, 0.2) is 70.8 Å². The lowest BCUT2D eigenvalue weighted by molar-refractivity contribution is 0.494. The Hall–Kier alpha value is -2.07. The summed E-state index contributed by atoms with van der Waals surface area (Å²) in [5.74, 6) is 0. The summed E-state index contributed by atoms with van der Waals surface area (Å²) < 4.78 is 28.2. The number of rotatable bonds is 7. The monoisotopic (exact) mass is 369 g/mol. The molecule has 4 heteroatoms. The first-order valence-electron chi connectivity index (χ1n) is 9.36. The van der Waals surface area contributed by atoms with Crippen LogP contribution in [0, 0.1) is 6.92 Å². The third-order valence-electron chi connectivity index (χ3n) is 4.98. The smallest absolute Gasteiger partial charge is 0.264 e. The van der Waals surface area contributed by atoms with Crippen molar-refractivity contribution in [3.05, 3.63) is 77.0 Å². The van der Waals surface area contributed by atoms with Crippen LogP contribution in [-0.2, 0) is 16.4 Å². The van der Waals surface area contributed by atoms with Crippen molar-refractivity contribution in [1.29, 1.82) is 0 Å². The highest BCUT2D eigenvalue weighted by Crippen LogP contribution is 2.34. The molecule has 0 amide bonds. The lowest BCUT2D eigenvalue weighted by atomic mass is 10.0. The van der Waals surface area contributed by atoms with E-state index in [2.05, 4.69) is 19.1 Å². The second kappa shape index (κ2) is 8.09. The van der Waals surface area contributed by atoms with E-state index in [1.165, 1.54) is 5.57 Å². The van der Waals surface area contributed by atoms with E-state index in [1.807, 2.05) is 37.3 Å². The average Bonchev–Trinajstić information content (AvgIpc) is 3.04. The van der Waals surface area contributed by atoms with Gasteiger partial charge in [-0.25, -0.2) is 8.42 Å². The summed E-state index contributed by atoms with van der Waals surface area (Å²) in [5, 5.41) is 0. The third-order valence-corrected chi connectivity index (χ3v) is 6.83. The van der Waals surface area contributed by atoms with Gasteiger partial charge in [-0.2, -0.15) is 0 Å². The fourth-order valence-corrected chi connectivity index (χ4v) is 5.01. The summed E-state index contributed by atoms with van der Waals surface area (Å²) in [6, 6.07) is 17.3. The van der Waals surface area contributed by atoms with Crippen molar-refractivity contribution in [2.24, 2.45) is 0 Å². The van der Waals surface area contributed by atoms with Crippen LogP contribution < -0.4 is 0 Å². The van der Waals surface area contributed by atoms with Gasteiger partial charge in [0, 0.05) is 18.7 Å². The topological polar surface area (TPSA) is 37.4 Å². The molecule has 0 atom stereocenters. The van der Waals surface area contributed by atoms with Crippen molar-refractivity contribution >= 4 is 10.0 Å². The van der Waals surface area contributed by atoms with Gasteiger partial charge in [-0.05, 0) is 49.5 Å². The van der Waals surface area contributed by atoms with E-state index in [0.29, 0.717) is 17.9 Å². The van der Waals surface area contributed by atoms with Gasteiger partial charge in [0.2, 0.25) is 0 Å². The van der Waals surface area contributed by atoms with E-state index < -0.39 is 10.0 Å². The molecule has 0 unspecified atom stereocenters. The van der Waals surface area contributed by atoms with Gasteiger partial charge in [0.1, 0.15) is 0 Å². The maximum Gasteiger partial charge on any atom is 0.264 e. The fraction of sp³-hybridized carbons (Fsp3) is 0.364. The number of nitrogens with zero attached hydrogens (tertiary/aromatic N) is 1. The minimum atomic E-state index is -3.51. The summed E-state index contributed by atoms with van der Waals surface area (Å²) >= 11 is 0. The number of sulfonamides is 1. The molecule has 1 aliphatic rings. The molecule has 0 bridgehead atoms. The normalized spacial score (nSPS) is 14.9. The van der Waals surface area contributed by atoms with E-state index in [4.69, 9.17) is 0 Å². The van der Waals surface area contributed by atoms with Crippen LogP contribution in [-0.4, -0.2) is 19.3 Å². The predicted octanol–water partition coefficient (Wildman–Crippen LogP) is 5.08. The lowest BCUT2D eigenvalue weighted by Crippen LogP contribution is -2.29. The highest BCUT2D eigenvalue weighted by atomic mass is 32.2. The number of hydrogen-bond donors (Lipinski definition) is 0. The van der Waals surface area contributed by atoms with Crippen LogP contribution in [0.1, 0.15) is 43.7 Å². The van der Waals surface area contributed by atoms with Gasteiger partial charge in [0.05, 0.1) is 4.90 Å². The Kier molecular flexibility index (Phi) is 5.82. The zero-order valence-corrected chi connectivity index (χ0v) is 16.4. The van der Waals surface area contributed by atoms with Crippen LogP contribution in [0.25, 0.3) is 0 Å². The summed E-state index contributed by atoms with van der Waals surface area (Å²) in [7, 11) is -3.51. The van der Waals surface area contributed by atoms with Crippen molar-refractivity contribution < 1.29 is 8.42 Å². The van der Waals surface area contributed by atoms with Gasteiger partial charge in [-0.15, -0.1) is 0 Å². The summed E-state index contributed by atoms with van der Waals surface area (Å²) in [6.07, 6.45) is 4.72. The zero-order chi connectivity index (χ0) is 18.6. The molecule has 26 heavy (non-hydrogen) atoms. The number of hydrogen-bond acceptors (Lipinski definition) is 2. The Labute approximate surface area is 157 Å². The minimum Gasteiger partial charge on any atom is -0.270 e. The molecule has 0 radical (unpaired) electrons. The van der Waals surface area contributed by atoms with Crippen LogP contribution in [0.4, 0.5) is 0 Å². The molecule has 3 nitrogen and oxygen atoms in total. The SMILES string of the molecule is CCCCC1=C(Cc2ccccc2)N(S(=O)(=O)c2ccc(C)cc2)CC1. The Morgan fingerprint density at radius 1 is 1.00 bits per heavy atom. The molecule has 138 valence electrons. The number of benzene rings is 2.